The largest absolute Gasteiger partial charge is 0.454 e. The van der Waals surface area contributed by atoms with Crippen LogP contribution in [-0.4, -0.2) is 0 Å². The van der Waals surface area contributed by atoms with Gasteiger partial charge < -0.3 is 10.5 Å². The van der Waals surface area contributed by atoms with Crippen molar-refractivity contribution >= 4 is 18.1 Å². The maximum atomic E-state index is 13.3. The summed E-state index contributed by atoms with van der Waals surface area (Å²) in [5.74, 6) is -0.797. The SMILES string of the molecule is Cc1cc(Oc2ccccc2F)cc(F)c1N.Cl. The predicted octanol–water partition coefficient (Wildman–Crippen LogP) is 4.07. The van der Waals surface area contributed by atoms with Gasteiger partial charge in [0.25, 0.3) is 0 Å². The fourth-order valence-corrected chi connectivity index (χ4v) is 1.44. The zero-order valence-electron chi connectivity index (χ0n) is 9.61. The number of nitrogen functional groups attached to an aromatic ring is 1. The molecule has 0 spiro atoms. The molecule has 0 fully saturated rings. The van der Waals surface area contributed by atoms with Crippen LogP contribution in [0.25, 0.3) is 0 Å². The second-order valence-corrected chi connectivity index (χ2v) is 3.67. The van der Waals surface area contributed by atoms with Crippen molar-refractivity contribution in [2.24, 2.45) is 0 Å². The van der Waals surface area contributed by atoms with Crippen LogP contribution in [-0.2, 0) is 0 Å². The summed E-state index contributed by atoms with van der Waals surface area (Å²) in [6, 6.07) is 8.63. The fraction of sp³-hybridized carbons (Fsp3) is 0.0769. The molecule has 0 unspecified atom stereocenters. The molecule has 0 aliphatic heterocycles. The summed E-state index contributed by atoms with van der Waals surface area (Å²) in [7, 11) is 0. The molecule has 2 aromatic rings. The van der Waals surface area contributed by atoms with Crippen LogP contribution in [0.5, 0.6) is 11.5 Å². The van der Waals surface area contributed by atoms with E-state index in [9.17, 15) is 8.78 Å². The van der Waals surface area contributed by atoms with Crippen LogP contribution in [0.15, 0.2) is 36.4 Å². The lowest BCUT2D eigenvalue weighted by atomic mass is 10.2. The highest BCUT2D eigenvalue weighted by molar-refractivity contribution is 5.85. The summed E-state index contributed by atoms with van der Waals surface area (Å²) in [6.45, 7) is 1.66. The zero-order chi connectivity index (χ0) is 12.4. The Balaban J connectivity index is 0.00000162. The number of hydrogen-bond donors (Lipinski definition) is 1. The summed E-state index contributed by atoms with van der Waals surface area (Å²) < 4.78 is 31.9. The second-order valence-electron chi connectivity index (χ2n) is 3.67. The molecule has 0 atom stereocenters. The van der Waals surface area contributed by atoms with Gasteiger partial charge >= 0.3 is 0 Å². The minimum Gasteiger partial charge on any atom is -0.454 e. The van der Waals surface area contributed by atoms with Crippen LogP contribution < -0.4 is 10.5 Å². The first-order valence-corrected chi connectivity index (χ1v) is 5.06. The third-order valence-electron chi connectivity index (χ3n) is 2.37. The first kappa shape index (κ1) is 14.3. The van der Waals surface area contributed by atoms with Gasteiger partial charge in [-0.3, -0.25) is 0 Å². The molecular weight excluding hydrogens is 260 g/mol. The van der Waals surface area contributed by atoms with Gasteiger partial charge in [-0.1, -0.05) is 12.1 Å². The predicted molar refractivity (Wildman–Crippen MR) is 69.3 cm³/mol. The van der Waals surface area contributed by atoms with Crippen LogP contribution in [0.1, 0.15) is 5.56 Å². The van der Waals surface area contributed by atoms with Crippen molar-refractivity contribution in [3.63, 3.8) is 0 Å². The van der Waals surface area contributed by atoms with Crippen molar-refractivity contribution < 1.29 is 13.5 Å². The zero-order valence-corrected chi connectivity index (χ0v) is 10.4. The molecule has 0 aromatic heterocycles. The van der Waals surface area contributed by atoms with Gasteiger partial charge in [-0.05, 0) is 30.7 Å². The molecule has 0 aliphatic carbocycles. The van der Waals surface area contributed by atoms with Gasteiger partial charge in [0, 0.05) is 6.07 Å². The smallest absolute Gasteiger partial charge is 0.165 e. The molecule has 0 aliphatic rings. The van der Waals surface area contributed by atoms with E-state index in [1.54, 1.807) is 25.1 Å². The van der Waals surface area contributed by atoms with E-state index < -0.39 is 11.6 Å². The minimum absolute atomic E-state index is 0. The van der Waals surface area contributed by atoms with Crippen molar-refractivity contribution in [1.29, 1.82) is 0 Å². The normalized spacial score (nSPS) is 9.72. The molecule has 18 heavy (non-hydrogen) atoms. The highest BCUT2D eigenvalue weighted by atomic mass is 35.5. The van der Waals surface area contributed by atoms with Crippen molar-refractivity contribution in [2.45, 2.75) is 6.92 Å². The lowest BCUT2D eigenvalue weighted by molar-refractivity contribution is 0.438. The van der Waals surface area contributed by atoms with E-state index in [-0.39, 0.29) is 29.6 Å². The third kappa shape index (κ3) is 2.90. The first-order chi connectivity index (χ1) is 8.08. The standard InChI is InChI=1S/C13H11F2NO.ClH/c1-8-6-9(7-11(15)13(8)16)17-12-5-3-2-4-10(12)14;/h2-7H,16H2,1H3;1H. The lowest BCUT2D eigenvalue weighted by Crippen LogP contribution is -1.96. The number of aryl methyl sites for hydroxylation is 1. The van der Waals surface area contributed by atoms with Gasteiger partial charge in [0.05, 0.1) is 5.69 Å². The lowest BCUT2D eigenvalue weighted by Gasteiger charge is -2.09. The molecule has 0 saturated heterocycles. The number of anilines is 1. The van der Waals surface area contributed by atoms with E-state index in [0.717, 1.165) is 6.07 Å². The summed E-state index contributed by atoms with van der Waals surface area (Å²) >= 11 is 0. The summed E-state index contributed by atoms with van der Waals surface area (Å²) in [5, 5.41) is 0. The molecule has 2 N–H and O–H groups in total. The second kappa shape index (κ2) is 5.69. The molecule has 0 heterocycles. The van der Waals surface area contributed by atoms with Crippen molar-refractivity contribution in [1.82, 2.24) is 0 Å². The summed E-state index contributed by atoms with van der Waals surface area (Å²) in [4.78, 5) is 0. The number of nitrogens with two attached hydrogens (primary N) is 1. The van der Waals surface area contributed by atoms with Gasteiger partial charge in [0.2, 0.25) is 0 Å². The van der Waals surface area contributed by atoms with Gasteiger partial charge in [-0.15, -0.1) is 12.4 Å². The Morgan fingerprint density at radius 1 is 1.06 bits per heavy atom. The van der Waals surface area contributed by atoms with E-state index in [1.807, 2.05) is 0 Å². The quantitative estimate of drug-likeness (QED) is 0.836. The Labute approximate surface area is 110 Å². The Kier molecular flexibility index (Phi) is 4.50. The Morgan fingerprint density at radius 2 is 1.72 bits per heavy atom. The average molecular weight is 272 g/mol. The van der Waals surface area contributed by atoms with Crippen molar-refractivity contribution in [3.8, 4) is 11.5 Å². The molecule has 0 bridgehead atoms. The first-order valence-electron chi connectivity index (χ1n) is 5.06. The Bertz CT molecular complexity index is 537. The molecule has 0 saturated carbocycles. The molecule has 0 radical (unpaired) electrons. The van der Waals surface area contributed by atoms with E-state index in [4.69, 9.17) is 10.5 Å². The van der Waals surface area contributed by atoms with Crippen LogP contribution in [0.4, 0.5) is 14.5 Å². The maximum absolute atomic E-state index is 13.3. The molecular formula is C13H12ClF2NO. The highest BCUT2D eigenvalue weighted by Crippen LogP contribution is 2.28. The molecule has 5 heteroatoms. The fourth-order valence-electron chi connectivity index (χ4n) is 1.44. The summed E-state index contributed by atoms with van der Waals surface area (Å²) in [5.41, 5.74) is 6.10. The van der Waals surface area contributed by atoms with Crippen LogP contribution in [0.2, 0.25) is 0 Å². The molecule has 0 amide bonds. The number of ether oxygens (including phenoxy) is 1. The van der Waals surface area contributed by atoms with Crippen LogP contribution >= 0.6 is 12.4 Å². The van der Waals surface area contributed by atoms with Crippen LogP contribution in [0, 0.1) is 18.6 Å². The van der Waals surface area contributed by atoms with Crippen molar-refractivity contribution in [3.05, 3.63) is 53.6 Å². The number of rotatable bonds is 2. The average Bonchev–Trinajstić information content (AvgIpc) is 2.29. The van der Waals surface area contributed by atoms with Gasteiger partial charge in [-0.2, -0.15) is 0 Å². The Hall–Kier alpha value is -1.81. The van der Waals surface area contributed by atoms with Gasteiger partial charge in [-0.25, -0.2) is 8.78 Å². The number of halogens is 3. The molecule has 2 rings (SSSR count). The van der Waals surface area contributed by atoms with E-state index in [1.165, 1.54) is 12.1 Å². The van der Waals surface area contributed by atoms with Crippen LogP contribution in [0.3, 0.4) is 0 Å². The van der Waals surface area contributed by atoms with Gasteiger partial charge in [0.1, 0.15) is 11.6 Å². The number of benzene rings is 2. The van der Waals surface area contributed by atoms with Gasteiger partial charge in [0.15, 0.2) is 11.6 Å². The highest BCUT2D eigenvalue weighted by Gasteiger charge is 2.08. The number of para-hydroxylation sites is 1. The van der Waals surface area contributed by atoms with E-state index >= 15 is 0 Å². The Morgan fingerprint density at radius 3 is 2.33 bits per heavy atom. The topological polar surface area (TPSA) is 35.2 Å². The third-order valence-corrected chi connectivity index (χ3v) is 2.37. The maximum Gasteiger partial charge on any atom is 0.165 e. The monoisotopic (exact) mass is 271 g/mol. The summed E-state index contributed by atoms with van der Waals surface area (Å²) in [6.07, 6.45) is 0. The number of hydrogen-bond acceptors (Lipinski definition) is 2. The van der Waals surface area contributed by atoms with Crippen molar-refractivity contribution in [2.75, 3.05) is 5.73 Å². The molecule has 2 nitrogen and oxygen atoms in total. The molecule has 96 valence electrons. The minimum atomic E-state index is -0.573. The van der Waals surface area contributed by atoms with E-state index in [2.05, 4.69) is 0 Å². The molecule has 2 aromatic carbocycles. The van der Waals surface area contributed by atoms with E-state index in [0.29, 0.717) is 5.56 Å².